The zero-order valence-corrected chi connectivity index (χ0v) is 9.23. The van der Waals surface area contributed by atoms with E-state index in [0.717, 1.165) is 5.39 Å². The maximum atomic E-state index is 13.8. The van der Waals surface area contributed by atoms with Gasteiger partial charge in [0.1, 0.15) is 11.6 Å². The first-order chi connectivity index (χ1) is 8.25. The van der Waals surface area contributed by atoms with E-state index in [0.29, 0.717) is 30.7 Å². The molecule has 1 aliphatic heterocycles. The summed E-state index contributed by atoms with van der Waals surface area (Å²) in [5, 5.41) is 10.7. The Balaban J connectivity index is 2.16. The monoisotopic (exact) mass is 231 g/mol. The molecule has 1 aromatic carbocycles. The molecule has 1 radical (unpaired) electrons. The number of benzene rings is 1. The maximum Gasteiger partial charge on any atom is 0.139 e. The Morgan fingerprint density at radius 2 is 2.35 bits per heavy atom. The quantitative estimate of drug-likeness (QED) is 0.812. The van der Waals surface area contributed by atoms with E-state index in [1.807, 2.05) is 11.0 Å². The zero-order chi connectivity index (χ0) is 11.8. The smallest absolute Gasteiger partial charge is 0.139 e. The number of anilines is 1. The highest BCUT2D eigenvalue weighted by molar-refractivity contribution is 5.92. The second-order valence-electron chi connectivity index (χ2n) is 4.28. The van der Waals surface area contributed by atoms with Crippen molar-refractivity contribution in [2.45, 2.75) is 12.5 Å². The Bertz CT molecular complexity index is 553. The average molecular weight is 231 g/mol. The standard InChI is InChI=1S/C13H12FN2O/c14-11-3-1-2-9-4-6-15-13(12(9)11)16-7-5-10(17)8-16/h1-3,6,10,17H,5,7-8H2. The fourth-order valence-electron chi connectivity index (χ4n) is 2.27. The highest BCUT2D eigenvalue weighted by atomic mass is 19.1. The summed E-state index contributed by atoms with van der Waals surface area (Å²) in [6.45, 7) is 1.22. The summed E-state index contributed by atoms with van der Waals surface area (Å²) in [7, 11) is 0. The van der Waals surface area contributed by atoms with Gasteiger partial charge in [-0.2, -0.15) is 0 Å². The van der Waals surface area contributed by atoms with Crippen molar-refractivity contribution in [1.82, 2.24) is 4.98 Å². The fraction of sp³-hybridized carbons (Fsp3) is 0.308. The van der Waals surface area contributed by atoms with Gasteiger partial charge in [-0.3, -0.25) is 0 Å². The van der Waals surface area contributed by atoms with Gasteiger partial charge in [0.05, 0.1) is 11.5 Å². The van der Waals surface area contributed by atoms with Gasteiger partial charge in [-0.25, -0.2) is 9.37 Å². The highest BCUT2D eigenvalue weighted by Crippen LogP contribution is 2.28. The third kappa shape index (κ3) is 1.74. The minimum Gasteiger partial charge on any atom is -0.391 e. The summed E-state index contributed by atoms with van der Waals surface area (Å²) in [5.41, 5.74) is 0. The van der Waals surface area contributed by atoms with Gasteiger partial charge in [0.25, 0.3) is 0 Å². The third-order valence-electron chi connectivity index (χ3n) is 3.11. The van der Waals surface area contributed by atoms with E-state index in [2.05, 4.69) is 11.1 Å². The lowest BCUT2D eigenvalue weighted by atomic mass is 10.1. The molecule has 17 heavy (non-hydrogen) atoms. The number of hydrogen-bond acceptors (Lipinski definition) is 3. The third-order valence-corrected chi connectivity index (χ3v) is 3.11. The van der Waals surface area contributed by atoms with Crippen LogP contribution in [0.2, 0.25) is 0 Å². The van der Waals surface area contributed by atoms with Crippen LogP contribution < -0.4 is 4.90 Å². The van der Waals surface area contributed by atoms with Crippen LogP contribution >= 0.6 is 0 Å². The van der Waals surface area contributed by atoms with Gasteiger partial charge < -0.3 is 10.0 Å². The van der Waals surface area contributed by atoms with E-state index in [-0.39, 0.29) is 11.9 Å². The van der Waals surface area contributed by atoms with E-state index in [4.69, 9.17) is 0 Å². The number of nitrogens with zero attached hydrogens (tertiary/aromatic N) is 2. The van der Waals surface area contributed by atoms with Gasteiger partial charge in [0, 0.05) is 25.4 Å². The topological polar surface area (TPSA) is 36.4 Å². The first-order valence-electron chi connectivity index (χ1n) is 5.63. The number of rotatable bonds is 1. The van der Waals surface area contributed by atoms with Crippen LogP contribution in [0.15, 0.2) is 24.4 Å². The minimum absolute atomic E-state index is 0.289. The van der Waals surface area contributed by atoms with Gasteiger partial charge in [0.2, 0.25) is 0 Å². The Morgan fingerprint density at radius 3 is 3.12 bits per heavy atom. The lowest BCUT2D eigenvalue weighted by molar-refractivity contribution is 0.198. The molecule has 1 atom stereocenters. The second kappa shape index (κ2) is 3.96. The lowest BCUT2D eigenvalue weighted by Crippen LogP contribution is -2.22. The molecule has 1 unspecified atom stereocenters. The molecule has 87 valence electrons. The predicted octanol–water partition coefficient (Wildman–Crippen LogP) is 1.75. The van der Waals surface area contributed by atoms with Gasteiger partial charge in [-0.05, 0) is 17.9 Å². The summed E-state index contributed by atoms with van der Waals surface area (Å²) in [4.78, 5) is 6.12. The van der Waals surface area contributed by atoms with E-state index in [9.17, 15) is 9.50 Å². The molecule has 0 aliphatic carbocycles. The molecule has 4 heteroatoms. The number of halogens is 1. The summed E-state index contributed by atoms with van der Waals surface area (Å²) in [6, 6.07) is 7.83. The number of aliphatic hydroxyl groups is 1. The van der Waals surface area contributed by atoms with Gasteiger partial charge in [-0.1, -0.05) is 12.1 Å². The largest absolute Gasteiger partial charge is 0.391 e. The molecule has 3 rings (SSSR count). The molecule has 0 spiro atoms. The van der Waals surface area contributed by atoms with Gasteiger partial charge >= 0.3 is 0 Å². The van der Waals surface area contributed by atoms with Crippen LogP contribution in [-0.4, -0.2) is 29.3 Å². The van der Waals surface area contributed by atoms with Crippen molar-refractivity contribution in [1.29, 1.82) is 0 Å². The second-order valence-corrected chi connectivity index (χ2v) is 4.28. The fourth-order valence-corrected chi connectivity index (χ4v) is 2.27. The first kappa shape index (κ1) is 10.5. The molecule has 1 fully saturated rings. The van der Waals surface area contributed by atoms with Crippen LogP contribution in [0, 0.1) is 11.9 Å². The van der Waals surface area contributed by atoms with E-state index < -0.39 is 0 Å². The van der Waals surface area contributed by atoms with Crippen LogP contribution in [0.3, 0.4) is 0 Å². The summed E-state index contributed by atoms with van der Waals surface area (Å²) >= 11 is 0. The molecule has 1 aromatic heterocycles. The van der Waals surface area contributed by atoms with Gasteiger partial charge in [-0.15, -0.1) is 0 Å². The lowest BCUT2D eigenvalue weighted by Gasteiger charge is -2.18. The molecule has 2 heterocycles. The summed E-state index contributed by atoms with van der Waals surface area (Å²) in [5.74, 6) is 0.316. The Hall–Kier alpha value is -1.68. The van der Waals surface area contributed by atoms with Crippen LogP contribution in [0.5, 0.6) is 0 Å². The molecular weight excluding hydrogens is 219 g/mol. The molecule has 1 aliphatic rings. The summed E-state index contributed by atoms with van der Waals surface area (Å²) < 4.78 is 13.8. The molecule has 1 N–H and O–H groups in total. The molecule has 0 bridgehead atoms. The van der Waals surface area contributed by atoms with Crippen molar-refractivity contribution in [3.8, 4) is 0 Å². The van der Waals surface area contributed by atoms with E-state index in [1.54, 1.807) is 12.3 Å². The summed E-state index contributed by atoms with van der Waals surface area (Å²) in [6.07, 6.45) is 1.92. The molecule has 0 saturated carbocycles. The maximum absolute atomic E-state index is 13.8. The number of aliphatic hydroxyl groups excluding tert-OH is 1. The molecular formula is C13H12FN2O. The molecule has 1 saturated heterocycles. The van der Waals surface area contributed by atoms with Crippen molar-refractivity contribution >= 4 is 16.6 Å². The first-order valence-corrected chi connectivity index (χ1v) is 5.63. The van der Waals surface area contributed by atoms with Crippen LogP contribution in [0.1, 0.15) is 6.42 Å². The Kier molecular flexibility index (Phi) is 2.44. The average Bonchev–Trinajstić information content (AvgIpc) is 2.75. The Morgan fingerprint density at radius 1 is 1.47 bits per heavy atom. The number of fused-ring (bicyclic) bond motifs is 1. The van der Waals surface area contributed by atoms with Crippen LogP contribution in [-0.2, 0) is 0 Å². The molecule has 2 aromatic rings. The SMILES string of the molecule is OC1CCN(c2nc[c]c3cccc(F)c23)C1. The Labute approximate surface area is 98.5 Å². The molecule has 0 amide bonds. The number of β-amino-alcohol motifs (C(OH)–C–C–N with tert-alkyl or cyclic N) is 1. The minimum atomic E-state index is -0.345. The predicted molar refractivity (Wildman–Crippen MR) is 63.4 cm³/mol. The van der Waals surface area contributed by atoms with Crippen molar-refractivity contribution < 1.29 is 9.50 Å². The number of hydrogen-bond donors (Lipinski definition) is 1. The van der Waals surface area contributed by atoms with Crippen molar-refractivity contribution in [3.63, 3.8) is 0 Å². The van der Waals surface area contributed by atoms with Crippen molar-refractivity contribution in [2.75, 3.05) is 18.0 Å². The van der Waals surface area contributed by atoms with Crippen molar-refractivity contribution in [3.05, 3.63) is 36.3 Å². The highest BCUT2D eigenvalue weighted by Gasteiger charge is 2.23. The molecule has 3 nitrogen and oxygen atoms in total. The van der Waals surface area contributed by atoms with Crippen LogP contribution in [0.25, 0.3) is 10.8 Å². The van der Waals surface area contributed by atoms with E-state index in [1.165, 1.54) is 6.07 Å². The zero-order valence-electron chi connectivity index (χ0n) is 9.23. The number of pyridine rings is 1. The number of aromatic nitrogens is 1. The van der Waals surface area contributed by atoms with Crippen LogP contribution in [0.4, 0.5) is 10.2 Å². The van der Waals surface area contributed by atoms with Crippen molar-refractivity contribution in [2.24, 2.45) is 0 Å². The normalized spacial score (nSPS) is 20.1. The van der Waals surface area contributed by atoms with E-state index >= 15 is 0 Å². The van der Waals surface area contributed by atoms with Gasteiger partial charge in [0.15, 0.2) is 0 Å².